The third-order valence-corrected chi connectivity index (χ3v) is 3.07. The molecule has 0 aromatic heterocycles. The number of ether oxygens (including phenoxy) is 1. The minimum Gasteiger partial charge on any atom is -0.465 e. The molecular formula is C12H15BrO3. The lowest BCUT2D eigenvalue weighted by molar-refractivity contribution is 0.0600. The van der Waals surface area contributed by atoms with Crippen molar-refractivity contribution in [3.8, 4) is 0 Å². The number of carbonyl (C=O) groups excluding carboxylic acids is 1. The fraction of sp³-hybridized carbons (Fsp3) is 0.417. The minimum atomic E-state index is -0.331. The first-order chi connectivity index (χ1) is 7.69. The first-order valence-corrected chi connectivity index (χ1v) is 5.96. The Hall–Kier alpha value is -0.870. The number of halogens is 1. The van der Waals surface area contributed by atoms with E-state index < -0.39 is 0 Å². The fourth-order valence-electron chi connectivity index (χ4n) is 1.42. The molecule has 1 aromatic rings. The summed E-state index contributed by atoms with van der Waals surface area (Å²) in [6.07, 6.45) is 2.63. The number of hydrogen-bond acceptors (Lipinski definition) is 3. The summed E-state index contributed by atoms with van der Waals surface area (Å²) < 4.78 is 5.55. The van der Waals surface area contributed by atoms with Crippen LogP contribution in [0.4, 0.5) is 0 Å². The lowest BCUT2D eigenvalue weighted by Gasteiger charge is -2.06. The standard InChI is InChI=1S/C12H15BrO3/c1-16-12(15)10-6-5-9(11(13)8-10)4-2-3-7-14/h5-6,8,14H,2-4,7H2,1H3. The van der Waals surface area contributed by atoms with Gasteiger partial charge in [-0.2, -0.15) is 0 Å². The number of unbranched alkanes of at least 4 members (excludes halogenated alkanes) is 1. The Bertz CT molecular complexity index is 363. The van der Waals surface area contributed by atoms with Gasteiger partial charge in [-0.1, -0.05) is 22.0 Å². The smallest absolute Gasteiger partial charge is 0.337 e. The monoisotopic (exact) mass is 286 g/mol. The van der Waals surface area contributed by atoms with Gasteiger partial charge in [-0.15, -0.1) is 0 Å². The molecule has 0 heterocycles. The molecule has 0 fully saturated rings. The molecule has 4 heteroatoms. The summed E-state index contributed by atoms with van der Waals surface area (Å²) in [7, 11) is 1.37. The molecule has 1 aromatic carbocycles. The van der Waals surface area contributed by atoms with Crippen LogP contribution in [0, 0.1) is 0 Å². The summed E-state index contributed by atoms with van der Waals surface area (Å²) in [4.78, 5) is 11.3. The highest BCUT2D eigenvalue weighted by atomic mass is 79.9. The third kappa shape index (κ3) is 3.61. The van der Waals surface area contributed by atoms with E-state index >= 15 is 0 Å². The van der Waals surface area contributed by atoms with Crippen molar-refractivity contribution in [2.45, 2.75) is 19.3 Å². The van der Waals surface area contributed by atoms with Crippen LogP contribution in [0.5, 0.6) is 0 Å². The molecule has 0 bridgehead atoms. The molecule has 88 valence electrons. The average molecular weight is 287 g/mol. The van der Waals surface area contributed by atoms with Crippen molar-refractivity contribution in [1.82, 2.24) is 0 Å². The summed E-state index contributed by atoms with van der Waals surface area (Å²) >= 11 is 3.43. The molecule has 0 saturated carbocycles. The number of aliphatic hydroxyl groups is 1. The largest absolute Gasteiger partial charge is 0.465 e. The summed E-state index contributed by atoms with van der Waals surface area (Å²) in [5.41, 5.74) is 1.68. The molecule has 0 aliphatic rings. The zero-order valence-corrected chi connectivity index (χ0v) is 10.8. The normalized spacial score (nSPS) is 10.2. The van der Waals surface area contributed by atoms with Crippen LogP contribution in [0.3, 0.4) is 0 Å². The predicted octanol–water partition coefficient (Wildman–Crippen LogP) is 2.55. The number of hydrogen-bond donors (Lipinski definition) is 1. The van der Waals surface area contributed by atoms with Crippen molar-refractivity contribution in [3.05, 3.63) is 33.8 Å². The molecular weight excluding hydrogens is 272 g/mol. The Labute approximate surface area is 104 Å². The molecule has 0 unspecified atom stereocenters. The van der Waals surface area contributed by atoms with Gasteiger partial charge in [0.25, 0.3) is 0 Å². The molecule has 0 saturated heterocycles. The molecule has 0 aliphatic heterocycles. The van der Waals surface area contributed by atoms with Gasteiger partial charge in [0.15, 0.2) is 0 Å². The minimum absolute atomic E-state index is 0.220. The summed E-state index contributed by atoms with van der Waals surface area (Å²) in [6, 6.07) is 5.43. The van der Waals surface area contributed by atoms with Crippen LogP contribution in [0.1, 0.15) is 28.8 Å². The Morgan fingerprint density at radius 3 is 2.75 bits per heavy atom. The Morgan fingerprint density at radius 1 is 1.44 bits per heavy atom. The second-order valence-electron chi connectivity index (χ2n) is 3.48. The molecule has 0 radical (unpaired) electrons. The van der Waals surface area contributed by atoms with Gasteiger partial charge in [0.2, 0.25) is 0 Å². The van der Waals surface area contributed by atoms with Crippen LogP contribution in [0.2, 0.25) is 0 Å². The van der Waals surface area contributed by atoms with Gasteiger partial charge in [0, 0.05) is 11.1 Å². The maximum absolute atomic E-state index is 11.3. The van der Waals surface area contributed by atoms with Gasteiger partial charge < -0.3 is 9.84 Å². The molecule has 0 atom stereocenters. The highest BCUT2D eigenvalue weighted by Gasteiger charge is 2.07. The van der Waals surface area contributed by atoms with E-state index in [-0.39, 0.29) is 12.6 Å². The first-order valence-electron chi connectivity index (χ1n) is 5.16. The fourth-order valence-corrected chi connectivity index (χ4v) is 2.00. The molecule has 1 N–H and O–H groups in total. The average Bonchev–Trinajstić information content (AvgIpc) is 2.30. The first kappa shape index (κ1) is 13.2. The second-order valence-corrected chi connectivity index (χ2v) is 4.33. The molecule has 1 rings (SSSR count). The Balaban J connectivity index is 2.71. The van der Waals surface area contributed by atoms with E-state index in [9.17, 15) is 4.79 Å². The Kier molecular flexibility index (Phi) is 5.49. The highest BCUT2D eigenvalue weighted by molar-refractivity contribution is 9.10. The van der Waals surface area contributed by atoms with Crippen molar-refractivity contribution < 1.29 is 14.6 Å². The number of aliphatic hydroxyl groups excluding tert-OH is 1. The van der Waals surface area contributed by atoms with Crippen LogP contribution >= 0.6 is 15.9 Å². The van der Waals surface area contributed by atoms with Crippen LogP contribution in [-0.4, -0.2) is 24.8 Å². The quantitative estimate of drug-likeness (QED) is 0.668. The molecule has 0 amide bonds. The van der Waals surface area contributed by atoms with Gasteiger partial charge in [0.05, 0.1) is 12.7 Å². The number of aryl methyl sites for hydroxylation is 1. The molecule has 0 aliphatic carbocycles. The van der Waals surface area contributed by atoms with E-state index in [4.69, 9.17) is 5.11 Å². The zero-order chi connectivity index (χ0) is 12.0. The third-order valence-electron chi connectivity index (χ3n) is 2.33. The van der Waals surface area contributed by atoms with Crippen molar-refractivity contribution >= 4 is 21.9 Å². The van der Waals surface area contributed by atoms with Gasteiger partial charge in [-0.25, -0.2) is 4.79 Å². The number of benzene rings is 1. The van der Waals surface area contributed by atoms with Gasteiger partial charge in [0.1, 0.15) is 0 Å². The molecule has 0 spiro atoms. The van der Waals surface area contributed by atoms with Crippen molar-refractivity contribution in [2.75, 3.05) is 13.7 Å². The Morgan fingerprint density at radius 2 is 2.19 bits per heavy atom. The number of esters is 1. The van der Waals surface area contributed by atoms with Gasteiger partial charge >= 0.3 is 5.97 Å². The van der Waals surface area contributed by atoms with Crippen LogP contribution in [0.25, 0.3) is 0 Å². The van der Waals surface area contributed by atoms with Crippen molar-refractivity contribution in [1.29, 1.82) is 0 Å². The van der Waals surface area contributed by atoms with E-state index in [0.717, 1.165) is 29.3 Å². The maximum atomic E-state index is 11.3. The van der Waals surface area contributed by atoms with Gasteiger partial charge in [-0.05, 0) is 37.0 Å². The summed E-state index contributed by atoms with van der Waals surface area (Å²) in [5.74, 6) is -0.331. The summed E-state index contributed by atoms with van der Waals surface area (Å²) in [5, 5.41) is 8.69. The number of rotatable bonds is 5. The second kappa shape index (κ2) is 6.66. The van der Waals surface area contributed by atoms with Crippen molar-refractivity contribution in [3.63, 3.8) is 0 Å². The van der Waals surface area contributed by atoms with E-state index in [1.165, 1.54) is 7.11 Å². The summed E-state index contributed by atoms with van der Waals surface area (Å²) in [6.45, 7) is 0.220. The van der Waals surface area contributed by atoms with Crippen LogP contribution in [0.15, 0.2) is 22.7 Å². The topological polar surface area (TPSA) is 46.5 Å². The number of methoxy groups -OCH3 is 1. The highest BCUT2D eigenvalue weighted by Crippen LogP contribution is 2.21. The van der Waals surface area contributed by atoms with Crippen molar-refractivity contribution in [2.24, 2.45) is 0 Å². The lowest BCUT2D eigenvalue weighted by atomic mass is 10.1. The van der Waals surface area contributed by atoms with E-state index in [1.807, 2.05) is 6.07 Å². The van der Waals surface area contributed by atoms with E-state index in [2.05, 4.69) is 20.7 Å². The lowest BCUT2D eigenvalue weighted by Crippen LogP contribution is -2.01. The predicted molar refractivity (Wildman–Crippen MR) is 65.5 cm³/mol. The SMILES string of the molecule is COC(=O)c1ccc(CCCCO)c(Br)c1. The maximum Gasteiger partial charge on any atom is 0.337 e. The van der Waals surface area contributed by atoms with Crippen LogP contribution < -0.4 is 0 Å². The zero-order valence-electron chi connectivity index (χ0n) is 9.20. The van der Waals surface area contributed by atoms with E-state index in [1.54, 1.807) is 12.1 Å². The van der Waals surface area contributed by atoms with Crippen LogP contribution in [-0.2, 0) is 11.2 Å². The molecule has 3 nitrogen and oxygen atoms in total. The number of carbonyl (C=O) groups is 1. The van der Waals surface area contributed by atoms with Gasteiger partial charge in [-0.3, -0.25) is 0 Å². The van der Waals surface area contributed by atoms with E-state index in [0.29, 0.717) is 5.56 Å². The molecule has 16 heavy (non-hydrogen) atoms.